The highest BCUT2D eigenvalue weighted by Crippen LogP contribution is 2.49. The van der Waals surface area contributed by atoms with Crippen molar-refractivity contribution in [2.24, 2.45) is 17.8 Å². The van der Waals surface area contributed by atoms with Gasteiger partial charge in [0.15, 0.2) is 0 Å². The highest BCUT2D eigenvalue weighted by Gasteiger charge is 2.48. The van der Waals surface area contributed by atoms with E-state index in [1.165, 1.54) is 29.8 Å². The molecule has 3 aliphatic heterocycles. The Kier molecular flexibility index (Phi) is 7.60. The Morgan fingerprint density at radius 3 is 2.59 bits per heavy atom. The van der Waals surface area contributed by atoms with E-state index in [4.69, 9.17) is 16.3 Å². The van der Waals surface area contributed by atoms with E-state index in [1.807, 2.05) is 17.0 Å². The molecule has 1 amide bonds. The normalized spacial score (nSPS) is 25.4. The minimum absolute atomic E-state index is 0.0795. The molecule has 3 heterocycles. The molecule has 2 unspecified atom stereocenters. The summed E-state index contributed by atoms with van der Waals surface area (Å²) in [6, 6.07) is 9.34. The van der Waals surface area contributed by atoms with E-state index < -0.39 is 11.6 Å². The summed E-state index contributed by atoms with van der Waals surface area (Å²) in [5.41, 5.74) is 1.74. The van der Waals surface area contributed by atoms with Crippen LogP contribution in [0.2, 0.25) is 5.02 Å². The van der Waals surface area contributed by atoms with Crippen LogP contribution in [0.15, 0.2) is 42.5 Å². The van der Waals surface area contributed by atoms with Gasteiger partial charge in [0.05, 0.1) is 6.61 Å². The molecular weight excluding hydrogens is 494 g/mol. The number of carbonyl (C=O) groups excluding carboxylic acids is 1. The Labute approximate surface area is 223 Å². The number of carbonyl (C=O) groups is 1. The van der Waals surface area contributed by atoms with Crippen LogP contribution in [0.3, 0.4) is 0 Å². The Bertz CT molecular complexity index is 1160. The minimum atomic E-state index is -0.647. The first-order chi connectivity index (χ1) is 17.7. The molecule has 2 saturated heterocycles. The Hall–Kier alpha value is -2.44. The molecule has 2 fully saturated rings. The molecule has 0 N–H and O–H groups in total. The summed E-state index contributed by atoms with van der Waals surface area (Å²) in [6.45, 7) is 10.0. The number of likely N-dealkylation sites (tertiary alicyclic amines) is 2. The summed E-state index contributed by atoms with van der Waals surface area (Å²) in [6.07, 6.45) is 5.94. The van der Waals surface area contributed by atoms with Crippen LogP contribution in [0, 0.1) is 29.4 Å². The van der Waals surface area contributed by atoms with Crippen molar-refractivity contribution < 1.29 is 18.3 Å². The largest absolute Gasteiger partial charge is 0.492 e. The maximum absolute atomic E-state index is 13.4. The maximum atomic E-state index is 13.4. The first kappa shape index (κ1) is 26.2. The van der Waals surface area contributed by atoms with Gasteiger partial charge < -0.3 is 14.5 Å². The topological polar surface area (TPSA) is 32.8 Å². The van der Waals surface area contributed by atoms with Gasteiger partial charge in [-0.05, 0) is 79.5 Å². The van der Waals surface area contributed by atoms with Crippen molar-refractivity contribution >= 4 is 23.6 Å². The van der Waals surface area contributed by atoms with E-state index in [0.29, 0.717) is 36.4 Å². The van der Waals surface area contributed by atoms with Gasteiger partial charge in [-0.2, -0.15) is 0 Å². The zero-order valence-corrected chi connectivity index (χ0v) is 22.3. The third-order valence-electron chi connectivity index (χ3n) is 8.82. The molecule has 0 radical (unpaired) electrons. The summed E-state index contributed by atoms with van der Waals surface area (Å²) in [4.78, 5) is 17.1. The van der Waals surface area contributed by atoms with E-state index >= 15 is 0 Å². The second-order valence-electron chi connectivity index (χ2n) is 11.2. The molecule has 0 aliphatic carbocycles. The van der Waals surface area contributed by atoms with Crippen molar-refractivity contribution in [3.05, 3.63) is 70.3 Å². The maximum Gasteiger partial charge on any atom is 0.246 e. The number of piperidine rings is 2. The fourth-order valence-corrected chi connectivity index (χ4v) is 6.70. The Balaban J connectivity index is 1.11. The first-order valence-corrected chi connectivity index (χ1v) is 13.7. The van der Waals surface area contributed by atoms with Crippen LogP contribution in [-0.2, 0) is 10.2 Å². The SMILES string of the molecule is CC1CN(C[C@@H](C)C2CCN(C(=O)/C=C/c3cc(F)cc(F)c3)CC2)CCC12COc1cc(Cl)ccc12. The Morgan fingerprint density at radius 2 is 1.89 bits per heavy atom. The molecule has 0 bridgehead atoms. The predicted molar refractivity (Wildman–Crippen MR) is 143 cm³/mol. The summed E-state index contributed by atoms with van der Waals surface area (Å²) in [7, 11) is 0. The van der Waals surface area contributed by atoms with Gasteiger partial charge in [0.1, 0.15) is 17.4 Å². The summed E-state index contributed by atoms with van der Waals surface area (Å²) < 4.78 is 32.8. The lowest BCUT2D eigenvalue weighted by Gasteiger charge is -2.45. The highest BCUT2D eigenvalue weighted by atomic mass is 35.5. The standard InChI is InChI=1S/C30H35ClF2N2O2/c1-20(17-34-12-9-30(21(2)18-34)19-37-28-15-24(31)4-5-27(28)30)23-7-10-35(11-8-23)29(36)6-3-22-13-25(32)16-26(33)14-22/h3-6,13-16,20-21,23H,7-12,17-19H2,1-2H3/b6-3+/t20-,21?,30?/m1/s1. The molecule has 198 valence electrons. The monoisotopic (exact) mass is 528 g/mol. The molecule has 3 atom stereocenters. The lowest BCUT2D eigenvalue weighted by Crippen LogP contribution is -2.51. The third-order valence-corrected chi connectivity index (χ3v) is 9.06. The summed E-state index contributed by atoms with van der Waals surface area (Å²) in [5.74, 6) is 1.17. The molecule has 1 spiro atoms. The fraction of sp³-hybridized carbons (Fsp3) is 0.500. The van der Waals surface area contributed by atoms with Crippen LogP contribution in [0.25, 0.3) is 6.08 Å². The molecule has 37 heavy (non-hydrogen) atoms. The smallest absolute Gasteiger partial charge is 0.246 e. The van der Waals surface area contributed by atoms with Gasteiger partial charge in [0.2, 0.25) is 5.91 Å². The number of rotatable bonds is 5. The second-order valence-corrected chi connectivity index (χ2v) is 11.6. The lowest BCUT2D eigenvalue weighted by atomic mass is 9.67. The van der Waals surface area contributed by atoms with Crippen molar-refractivity contribution in [1.82, 2.24) is 9.80 Å². The van der Waals surface area contributed by atoms with Crippen LogP contribution >= 0.6 is 11.6 Å². The van der Waals surface area contributed by atoms with Crippen molar-refractivity contribution in [3.63, 3.8) is 0 Å². The molecule has 0 aromatic heterocycles. The number of nitrogens with zero attached hydrogens (tertiary/aromatic N) is 2. The number of halogens is 3. The van der Waals surface area contributed by atoms with Gasteiger partial charge in [-0.3, -0.25) is 4.79 Å². The second kappa shape index (κ2) is 10.7. The molecule has 2 aromatic carbocycles. The van der Waals surface area contributed by atoms with Gasteiger partial charge >= 0.3 is 0 Å². The van der Waals surface area contributed by atoms with Gasteiger partial charge in [-0.25, -0.2) is 8.78 Å². The number of benzene rings is 2. The average Bonchev–Trinajstić information content (AvgIpc) is 3.23. The lowest BCUT2D eigenvalue weighted by molar-refractivity contribution is -0.127. The van der Waals surface area contributed by atoms with Crippen molar-refractivity contribution in [2.75, 3.05) is 39.3 Å². The molecule has 7 heteroatoms. The quantitative estimate of drug-likeness (QED) is 0.434. The van der Waals surface area contributed by atoms with E-state index in [-0.39, 0.29) is 11.3 Å². The highest BCUT2D eigenvalue weighted by molar-refractivity contribution is 6.30. The van der Waals surface area contributed by atoms with E-state index in [0.717, 1.165) is 62.3 Å². The van der Waals surface area contributed by atoms with Gasteiger partial charge in [0.25, 0.3) is 0 Å². The van der Waals surface area contributed by atoms with Crippen molar-refractivity contribution in [1.29, 1.82) is 0 Å². The number of amides is 1. The molecule has 5 rings (SSSR count). The number of hydrogen-bond donors (Lipinski definition) is 0. The fourth-order valence-electron chi connectivity index (χ4n) is 6.54. The number of fused-ring (bicyclic) bond motifs is 2. The zero-order valence-electron chi connectivity index (χ0n) is 21.6. The van der Waals surface area contributed by atoms with Crippen LogP contribution < -0.4 is 4.74 Å². The van der Waals surface area contributed by atoms with E-state index in [2.05, 4.69) is 24.8 Å². The van der Waals surface area contributed by atoms with Crippen LogP contribution in [-0.4, -0.2) is 55.0 Å². The van der Waals surface area contributed by atoms with Gasteiger partial charge in [0, 0.05) is 54.3 Å². The molecule has 4 nitrogen and oxygen atoms in total. The zero-order chi connectivity index (χ0) is 26.2. The van der Waals surface area contributed by atoms with Crippen LogP contribution in [0.5, 0.6) is 5.75 Å². The average molecular weight is 529 g/mol. The summed E-state index contributed by atoms with van der Waals surface area (Å²) >= 11 is 6.18. The number of hydrogen-bond acceptors (Lipinski definition) is 3. The van der Waals surface area contributed by atoms with Gasteiger partial charge in [-0.1, -0.05) is 31.5 Å². The van der Waals surface area contributed by atoms with Crippen LogP contribution in [0.1, 0.15) is 44.2 Å². The predicted octanol–water partition coefficient (Wildman–Crippen LogP) is 6.18. The molecular formula is C30H35ClF2N2O2. The Morgan fingerprint density at radius 1 is 1.16 bits per heavy atom. The van der Waals surface area contributed by atoms with Crippen molar-refractivity contribution in [3.8, 4) is 5.75 Å². The molecule has 2 aromatic rings. The third kappa shape index (κ3) is 5.56. The minimum Gasteiger partial charge on any atom is -0.492 e. The van der Waals surface area contributed by atoms with E-state index in [9.17, 15) is 13.6 Å². The van der Waals surface area contributed by atoms with Gasteiger partial charge in [-0.15, -0.1) is 0 Å². The van der Waals surface area contributed by atoms with E-state index in [1.54, 1.807) is 0 Å². The first-order valence-electron chi connectivity index (χ1n) is 13.3. The molecule has 0 saturated carbocycles. The summed E-state index contributed by atoms with van der Waals surface area (Å²) in [5, 5.41) is 0.723. The number of ether oxygens (including phenoxy) is 1. The van der Waals surface area contributed by atoms with Crippen LogP contribution in [0.4, 0.5) is 8.78 Å². The van der Waals surface area contributed by atoms with Crippen molar-refractivity contribution in [2.45, 2.75) is 38.5 Å². The molecule has 3 aliphatic rings.